The van der Waals surface area contributed by atoms with E-state index in [1.165, 1.54) is 6.07 Å². The van der Waals surface area contributed by atoms with Crippen LogP contribution < -0.4 is 10.1 Å². The number of nitro groups is 1. The maximum Gasteiger partial charge on any atom is 0.310 e. The van der Waals surface area contributed by atoms with Crippen LogP contribution in [0.25, 0.3) is 0 Å². The summed E-state index contributed by atoms with van der Waals surface area (Å²) < 4.78 is 5.34. The van der Waals surface area contributed by atoms with Crippen LogP contribution in [-0.4, -0.2) is 24.6 Å². The van der Waals surface area contributed by atoms with Crippen LogP contribution in [0.4, 0.5) is 5.69 Å². The Balaban J connectivity index is 2.44. The molecule has 0 fully saturated rings. The van der Waals surface area contributed by atoms with Crippen molar-refractivity contribution >= 4 is 5.69 Å². The highest BCUT2D eigenvalue weighted by Gasteiger charge is 2.12. The summed E-state index contributed by atoms with van der Waals surface area (Å²) in [5.41, 5.74) is 0.0120. The minimum Gasteiger partial charge on any atom is -0.485 e. The van der Waals surface area contributed by atoms with Crippen LogP contribution in [0.2, 0.25) is 0 Å². The number of nitrogens with zero attached hydrogens (tertiary/aromatic N) is 1. The van der Waals surface area contributed by atoms with Gasteiger partial charge >= 0.3 is 5.69 Å². The van der Waals surface area contributed by atoms with E-state index in [4.69, 9.17) is 4.74 Å². The van der Waals surface area contributed by atoms with Crippen molar-refractivity contribution in [2.75, 3.05) is 19.7 Å². The molecule has 1 aromatic rings. The summed E-state index contributed by atoms with van der Waals surface area (Å²) in [7, 11) is 0. The average molecular weight is 224 g/mol. The fourth-order valence-corrected chi connectivity index (χ4v) is 1.26. The maximum absolute atomic E-state index is 10.7. The quantitative estimate of drug-likeness (QED) is 0.437. The number of ether oxygens (including phenoxy) is 1. The van der Waals surface area contributed by atoms with Crippen molar-refractivity contribution in [1.29, 1.82) is 0 Å². The number of para-hydroxylation sites is 2. The van der Waals surface area contributed by atoms with E-state index in [0.717, 1.165) is 13.0 Å². The molecule has 5 nitrogen and oxygen atoms in total. The molecule has 0 atom stereocenters. The first kappa shape index (κ1) is 12.4. The Bertz CT molecular complexity index is 342. The van der Waals surface area contributed by atoms with E-state index in [1.807, 2.05) is 0 Å². The molecule has 0 saturated heterocycles. The zero-order chi connectivity index (χ0) is 11.8. The molecule has 0 unspecified atom stereocenters. The number of nitrogens with one attached hydrogen (secondary N) is 1. The standard InChI is InChI=1S/C11H16N2O3/c1-2-7-12-8-9-16-11-6-4-3-5-10(11)13(14)15/h3-6,12H,2,7-9H2,1H3. The summed E-state index contributed by atoms with van der Waals surface area (Å²) in [6.07, 6.45) is 1.06. The molecule has 0 aliphatic rings. The largest absolute Gasteiger partial charge is 0.485 e. The molecular weight excluding hydrogens is 208 g/mol. The smallest absolute Gasteiger partial charge is 0.310 e. The zero-order valence-electron chi connectivity index (χ0n) is 9.31. The lowest BCUT2D eigenvalue weighted by Crippen LogP contribution is -2.21. The molecule has 0 spiro atoms. The fourth-order valence-electron chi connectivity index (χ4n) is 1.26. The summed E-state index contributed by atoms with van der Waals surface area (Å²) in [5.74, 6) is 0.325. The van der Waals surface area contributed by atoms with Crippen molar-refractivity contribution in [3.05, 3.63) is 34.4 Å². The van der Waals surface area contributed by atoms with Crippen LogP contribution in [0.5, 0.6) is 5.75 Å². The van der Waals surface area contributed by atoms with E-state index in [2.05, 4.69) is 12.2 Å². The topological polar surface area (TPSA) is 64.4 Å². The third-order valence-corrected chi connectivity index (χ3v) is 2.03. The lowest BCUT2D eigenvalue weighted by Gasteiger charge is -2.06. The molecule has 0 saturated carbocycles. The van der Waals surface area contributed by atoms with Gasteiger partial charge in [-0.15, -0.1) is 0 Å². The normalized spacial score (nSPS) is 10.1. The molecule has 0 aromatic heterocycles. The molecule has 0 bridgehead atoms. The molecule has 0 heterocycles. The van der Waals surface area contributed by atoms with Crippen molar-refractivity contribution in [3.8, 4) is 5.75 Å². The molecule has 5 heteroatoms. The van der Waals surface area contributed by atoms with Gasteiger partial charge in [0.25, 0.3) is 0 Å². The number of nitro benzene ring substituents is 1. The Labute approximate surface area is 94.6 Å². The second-order valence-electron chi connectivity index (χ2n) is 3.32. The molecule has 0 aliphatic heterocycles. The van der Waals surface area contributed by atoms with E-state index >= 15 is 0 Å². The first-order chi connectivity index (χ1) is 7.75. The number of hydrogen-bond acceptors (Lipinski definition) is 4. The van der Waals surface area contributed by atoms with Crippen molar-refractivity contribution < 1.29 is 9.66 Å². The summed E-state index contributed by atoms with van der Waals surface area (Å²) in [5, 5.41) is 13.8. The van der Waals surface area contributed by atoms with E-state index in [1.54, 1.807) is 18.2 Å². The van der Waals surface area contributed by atoms with Gasteiger partial charge in [-0.3, -0.25) is 10.1 Å². The summed E-state index contributed by atoms with van der Waals surface area (Å²) in [4.78, 5) is 10.2. The van der Waals surface area contributed by atoms with Crippen molar-refractivity contribution in [1.82, 2.24) is 5.32 Å². The second kappa shape index (κ2) is 6.79. The number of benzene rings is 1. The Morgan fingerprint density at radius 3 is 2.81 bits per heavy atom. The van der Waals surface area contributed by atoms with Crippen LogP contribution in [-0.2, 0) is 0 Å². The Morgan fingerprint density at radius 1 is 1.38 bits per heavy atom. The van der Waals surface area contributed by atoms with Gasteiger partial charge in [0.2, 0.25) is 0 Å². The van der Waals surface area contributed by atoms with Crippen molar-refractivity contribution in [3.63, 3.8) is 0 Å². The predicted molar refractivity (Wildman–Crippen MR) is 61.8 cm³/mol. The zero-order valence-corrected chi connectivity index (χ0v) is 9.31. The highest BCUT2D eigenvalue weighted by molar-refractivity contribution is 5.45. The van der Waals surface area contributed by atoms with Crippen LogP contribution in [0.1, 0.15) is 13.3 Å². The Kier molecular flexibility index (Phi) is 5.28. The third kappa shape index (κ3) is 3.86. The minimum absolute atomic E-state index is 0.0120. The van der Waals surface area contributed by atoms with Gasteiger partial charge in [-0.25, -0.2) is 0 Å². The van der Waals surface area contributed by atoms with Gasteiger partial charge in [-0.1, -0.05) is 19.1 Å². The number of hydrogen-bond donors (Lipinski definition) is 1. The third-order valence-electron chi connectivity index (χ3n) is 2.03. The van der Waals surface area contributed by atoms with E-state index in [9.17, 15) is 10.1 Å². The molecule has 88 valence electrons. The monoisotopic (exact) mass is 224 g/mol. The highest BCUT2D eigenvalue weighted by Crippen LogP contribution is 2.25. The van der Waals surface area contributed by atoms with Crippen molar-refractivity contribution in [2.45, 2.75) is 13.3 Å². The first-order valence-corrected chi connectivity index (χ1v) is 5.32. The van der Waals surface area contributed by atoms with Crippen LogP contribution in [0.3, 0.4) is 0 Å². The summed E-state index contributed by atoms with van der Waals surface area (Å²) in [6, 6.07) is 6.40. The molecule has 0 radical (unpaired) electrons. The molecule has 1 rings (SSSR count). The number of rotatable bonds is 7. The van der Waals surface area contributed by atoms with Crippen LogP contribution in [0.15, 0.2) is 24.3 Å². The Morgan fingerprint density at radius 2 is 2.12 bits per heavy atom. The predicted octanol–water partition coefficient (Wildman–Crippen LogP) is 1.97. The molecular formula is C11H16N2O3. The fraction of sp³-hybridized carbons (Fsp3) is 0.455. The van der Waals surface area contributed by atoms with Gasteiger partial charge in [-0.2, -0.15) is 0 Å². The molecule has 0 amide bonds. The van der Waals surface area contributed by atoms with Gasteiger partial charge in [-0.05, 0) is 19.0 Å². The average Bonchev–Trinajstić information content (AvgIpc) is 2.29. The second-order valence-corrected chi connectivity index (χ2v) is 3.32. The van der Waals surface area contributed by atoms with Crippen molar-refractivity contribution in [2.24, 2.45) is 0 Å². The highest BCUT2D eigenvalue weighted by atomic mass is 16.6. The van der Waals surface area contributed by atoms with Gasteiger partial charge in [0.1, 0.15) is 6.61 Å². The summed E-state index contributed by atoms with van der Waals surface area (Å²) in [6.45, 7) is 4.14. The molecule has 1 aromatic carbocycles. The lowest BCUT2D eigenvalue weighted by molar-refractivity contribution is -0.385. The molecule has 1 N–H and O–H groups in total. The van der Waals surface area contributed by atoms with E-state index in [0.29, 0.717) is 18.9 Å². The lowest BCUT2D eigenvalue weighted by atomic mass is 10.3. The van der Waals surface area contributed by atoms with Gasteiger partial charge in [0.15, 0.2) is 5.75 Å². The van der Waals surface area contributed by atoms with Gasteiger partial charge in [0.05, 0.1) is 4.92 Å². The first-order valence-electron chi connectivity index (χ1n) is 5.32. The van der Waals surface area contributed by atoms with E-state index < -0.39 is 4.92 Å². The minimum atomic E-state index is -0.436. The molecule has 0 aliphatic carbocycles. The van der Waals surface area contributed by atoms with Gasteiger partial charge < -0.3 is 10.1 Å². The SMILES string of the molecule is CCCNCCOc1ccccc1[N+](=O)[O-]. The van der Waals surface area contributed by atoms with Crippen LogP contribution >= 0.6 is 0 Å². The van der Waals surface area contributed by atoms with Gasteiger partial charge in [0, 0.05) is 12.6 Å². The molecule has 16 heavy (non-hydrogen) atoms. The summed E-state index contributed by atoms with van der Waals surface area (Å²) >= 11 is 0. The van der Waals surface area contributed by atoms with E-state index in [-0.39, 0.29) is 5.69 Å². The van der Waals surface area contributed by atoms with Crippen LogP contribution in [0, 0.1) is 10.1 Å². The Hall–Kier alpha value is -1.62. The maximum atomic E-state index is 10.7.